The molecule has 0 radical (unpaired) electrons. The second-order valence-electron chi connectivity index (χ2n) is 5.24. The lowest BCUT2D eigenvalue weighted by atomic mass is 10.2. The van der Waals surface area contributed by atoms with Gasteiger partial charge in [-0.1, -0.05) is 54.6 Å². The molecule has 4 aromatic rings. The monoisotopic (exact) mass is 297 g/mol. The molecule has 0 fully saturated rings. The molecule has 0 unspecified atom stereocenters. The van der Waals surface area contributed by atoms with Crippen molar-refractivity contribution in [2.24, 2.45) is 0 Å². The number of rotatable bonds is 3. The van der Waals surface area contributed by atoms with Crippen molar-refractivity contribution in [3.8, 4) is 28.5 Å². The van der Waals surface area contributed by atoms with Crippen LogP contribution in [0.4, 0.5) is 0 Å². The van der Waals surface area contributed by atoms with E-state index in [0.29, 0.717) is 0 Å². The summed E-state index contributed by atoms with van der Waals surface area (Å²) >= 11 is 0. The highest BCUT2D eigenvalue weighted by atomic mass is 15.1. The first-order chi connectivity index (χ1) is 11.4. The van der Waals surface area contributed by atoms with Crippen LogP contribution in [0.1, 0.15) is 0 Å². The number of benzene rings is 2. The predicted molar refractivity (Wildman–Crippen MR) is 92.2 cm³/mol. The highest BCUT2D eigenvalue weighted by molar-refractivity contribution is 5.65. The van der Waals surface area contributed by atoms with E-state index in [2.05, 4.69) is 40.0 Å². The minimum absolute atomic E-state index is 0.843. The van der Waals surface area contributed by atoms with Gasteiger partial charge in [0.25, 0.3) is 0 Å². The van der Waals surface area contributed by atoms with Crippen LogP contribution in [0.3, 0.4) is 0 Å². The summed E-state index contributed by atoms with van der Waals surface area (Å²) in [6.45, 7) is 0. The van der Waals surface area contributed by atoms with Crippen molar-refractivity contribution in [3.63, 3.8) is 0 Å². The van der Waals surface area contributed by atoms with E-state index in [1.165, 1.54) is 0 Å². The Morgan fingerprint density at radius 2 is 1.35 bits per heavy atom. The van der Waals surface area contributed by atoms with Gasteiger partial charge in [0.05, 0.1) is 5.69 Å². The summed E-state index contributed by atoms with van der Waals surface area (Å²) in [4.78, 5) is 9.29. The predicted octanol–water partition coefficient (Wildman–Crippen LogP) is 4.60. The average molecular weight is 297 g/mol. The van der Waals surface area contributed by atoms with Crippen LogP contribution in [0.5, 0.6) is 0 Å². The second-order valence-corrected chi connectivity index (χ2v) is 5.24. The van der Waals surface area contributed by atoms with Crippen LogP contribution in [-0.2, 0) is 0 Å². The maximum absolute atomic E-state index is 4.83. The van der Waals surface area contributed by atoms with Crippen molar-refractivity contribution < 1.29 is 0 Å². The molecule has 0 atom stereocenters. The van der Waals surface area contributed by atoms with E-state index in [-0.39, 0.29) is 0 Å². The molecule has 3 nitrogen and oxygen atoms in total. The molecule has 110 valence electrons. The fourth-order valence-corrected chi connectivity index (χ4v) is 2.59. The van der Waals surface area contributed by atoms with E-state index in [9.17, 15) is 0 Å². The molecule has 4 rings (SSSR count). The van der Waals surface area contributed by atoms with Gasteiger partial charge < -0.3 is 0 Å². The van der Waals surface area contributed by atoms with Gasteiger partial charge in [-0.25, -0.2) is 4.98 Å². The Morgan fingerprint density at radius 3 is 2.04 bits per heavy atom. The first-order valence-electron chi connectivity index (χ1n) is 7.53. The Labute approximate surface area is 134 Å². The number of aromatic nitrogens is 3. The number of hydrogen-bond donors (Lipinski definition) is 0. The lowest BCUT2D eigenvalue weighted by Gasteiger charge is -2.06. The van der Waals surface area contributed by atoms with Crippen LogP contribution < -0.4 is 0 Å². The Bertz CT molecular complexity index is 841. The zero-order chi connectivity index (χ0) is 15.5. The van der Waals surface area contributed by atoms with Gasteiger partial charge in [0.1, 0.15) is 5.69 Å². The highest BCUT2D eigenvalue weighted by Gasteiger charge is 2.13. The van der Waals surface area contributed by atoms with Gasteiger partial charge in [0, 0.05) is 23.6 Å². The standard InChI is InChI=1S/C20H15N3/c1-3-9-16(10-4-1)19-15-23(17-11-5-2-6-12-17)20(22-19)18-13-7-8-14-21-18/h1-15H. The maximum Gasteiger partial charge on any atom is 0.163 e. The normalized spacial score (nSPS) is 10.6. The van der Waals surface area contributed by atoms with Crippen LogP contribution in [-0.4, -0.2) is 14.5 Å². The molecule has 3 heteroatoms. The van der Waals surface area contributed by atoms with Gasteiger partial charge in [-0.05, 0) is 24.3 Å². The Hall–Kier alpha value is -3.20. The van der Waals surface area contributed by atoms with Gasteiger partial charge in [-0.3, -0.25) is 9.55 Å². The van der Waals surface area contributed by atoms with E-state index in [1.807, 2.05) is 54.6 Å². The lowest BCUT2D eigenvalue weighted by molar-refractivity contribution is 1.05. The van der Waals surface area contributed by atoms with Crippen molar-refractivity contribution in [1.82, 2.24) is 14.5 Å². The molecular weight excluding hydrogens is 282 g/mol. The molecule has 0 N–H and O–H groups in total. The Balaban J connectivity index is 1.91. The SMILES string of the molecule is c1ccc(-c2cn(-c3ccccc3)c(-c3ccccn3)n2)cc1. The van der Waals surface area contributed by atoms with Crippen LogP contribution in [0, 0.1) is 0 Å². The average Bonchev–Trinajstić information content (AvgIpc) is 3.09. The van der Waals surface area contributed by atoms with Crippen LogP contribution in [0.15, 0.2) is 91.3 Å². The summed E-state index contributed by atoms with van der Waals surface area (Å²) in [5.74, 6) is 0.843. The van der Waals surface area contributed by atoms with Crippen molar-refractivity contribution in [3.05, 3.63) is 91.3 Å². The number of pyridine rings is 1. The van der Waals surface area contributed by atoms with E-state index >= 15 is 0 Å². The molecular formula is C20H15N3. The molecule has 0 spiro atoms. The molecule has 0 saturated carbocycles. The number of hydrogen-bond acceptors (Lipinski definition) is 2. The van der Waals surface area contributed by atoms with Gasteiger partial charge in [-0.15, -0.1) is 0 Å². The minimum atomic E-state index is 0.843. The molecule has 2 aromatic heterocycles. The first kappa shape index (κ1) is 13.5. The molecule has 0 saturated heterocycles. The number of imidazole rings is 1. The molecule has 2 heterocycles. The minimum Gasteiger partial charge on any atom is -0.298 e. The Kier molecular flexibility index (Phi) is 3.45. The lowest BCUT2D eigenvalue weighted by Crippen LogP contribution is -1.96. The third kappa shape index (κ3) is 2.64. The van der Waals surface area contributed by atoms with Crippen molar-refractivity contribution >= 4 is 0 Å². The third-order valence-corrected chi connectivity index (χ3v) is 3.70. The first-order valence-corrected chi connectivity index (χ1v) is 7.53. The zero-order valence-electron chi connectivity index (χ0n) is 12.5. The van der Waals surface area contributed by atoms with Gasteiger partial charge >= 0.3 is 0 Å². The second kappa shape index (κ2) is 5.89. The fourth-order valence-electron chi connectivity index (χ4n) is 2.59. The van der Waals surface area contributed by atoms with E-state index in [4.69, 9.17) is 4.98 Å². The maximum atomic E-state index is 4.83. The van der Waals surface area contributed by atoms with Crippen molar-refractivity contribution in [2.45, 2.75) is 0 Å². The summed E-state index contributed by atoms with van der Waals surface area (Å²) in [6, 6.07) is 26.3. The van der Waals surface area contributed by atoms with Crippen LogP contribution >= 0.6 is 0 Å². The summed E-state index contributed by atoms with van der Waals surface area (Å²) in [5.41, 5.74) is 3.97. The summed E-state index contributed by atoms with van der Waals surface area (Å²) in [7, 11) is 0. The smallest absolute Gasteiger partial charge is 0.163 e. The van der Waals surface area contributed by atoms with Gasteiger partial charge in [0.2, 0.25) is 0 Å². The van der Waals surface area contributed by atoms with Crippen molar-refractivity contribution in [2.75, 3.05) is 0 Å². The molecule has 0 bridgehead atoms. The van der Waals surface area contributed by atoms with Crippen LogP contribution in [0.2, 0.25) is 0 Å². The Morgan fingerprint density at radius 1 is 0.652 bits per heavy atom. The summed E-state index contributed by atoms with van der Waals surface area (Å²) in [6.07, 6.45) is 3.86. The van der Waals surface area contributed by atoms with Crippen molar-refractivity contribution in [1.29, 1.82) is 0 Å². The zero-order valence-corrected chi connectivity index (χ0v) is 12.5. The van der Waals surface area contributed by atoms with Crippen LogP contribution in [0.25, 0.3) is 28.5 Å². The summed E-state index contributed by atoms with van der Waals surface area (Å²) in [5, 5.41) is 0. The quantitative estimate of drug-likeness (QED) is 0.553. The van der Waals surface area contributed by atoms with Gasteiger partial charge in [0.15, 0.2) is 5.82 Å². The number of nitrogens with zero attached hydrogens (tertiary/aromatic N) is 3. The fraction of sp³-hybridized carbons (Fsp3) is 0. The molecule has 23 heavy (non-hydrogen) atoms. The molecule has 0 aliphatic carbocycles. The molecule has 0 aliphatic rings. The number of para-hydroxylation sites is 1. The topological polar surface area (TPSA) is 30.7 Å². The summed E-state index contributed by atoms with van der Waals surface area (Å²) < 4.78 is 2.09. The van der Waals surface area contributed by atoms with Gasteiger partial charge in [-0.2, -0.15) is 0 Å². The van der Waals surface area contributed by atoms with E-state index in [1.54, 1.807) is 6.20 Å². The van der Waals surface area contributed by atoms with E-state index in [0.717, 1.165) is 28.5 Å². The van der Waals surface area contributed by atoms with E-state index < -0.39 is 0 Å². The molecule has 0 amide bonds. The third-order valence-electron chi connectivity index (χ3n) is 3.70. The molecule has 0 aliphatic heterocycles. The highest BCUT2D eigenvalue weighted by Crippen LogP contribution is 2.26. The molecule has 2 aromatic carbocycles. The largest absolute Gasteiger partial charge is 0.298 e.